The molecular weight excluding hydrogens is 760 g/mol. The molecule has 328 valence electrons. The fraction of sp³-hybridized carbons (Fsp3) is 0.600. The predicted molar refractivity (Wildman–Crippen MR) is 222 cm³/mol. The molecule has 0 aromatic heterocycles. The third-order valence-electron chi connectivity index (χ3n) is 11.6. The van der Waals surface area contributed by atoms with Crippen LogP contribution in [0.2, 0.25) is 0 Å². The molecule has 3 aliphatic rings. The van der Waals surface area contributed by atoms with Gasteiger partial charge in [0.15, 0.2) is 17.5 Å². The number of hydrogen-bond donors (Lipinski definition) is 7. The molecule has 0 radical (unpaired) electrons. The van der Waals surface area contributed by atoms with Crippen molar-refractivity contribution in [2.45, 2.75) is 129 Å². The summed E-state index contributed by atoms with van der Waals surface area (Å²) in [6.07, 6.45) is 13.8. The zero-order chi connectivity index (χ0) is 44.1. The van der Waals surface area contributed by atoms with Gasteiger partial charge in [-0.2, -0.15) is 0 Å². The van der Waals surface area contributed by atoms with Crippen LogP contribution >= 0.6 is 0 Å². The number of aliphatic hydroxyl groups is 5. The molecule has 3 saturated heterocycles. The topological polar surface area (TPSA) is 221 Å². The van der Waals surface area contributed by atoms with Crippen LogP contribution in [0.1, 0.15) is 74.1 Å². The number of carbonyl (C=O) groups excluding carboxylic acids is 4. The SMILES string of the molecule is C/C=C/C/C=C/C[C@@H]1O[C@](O)(C(CC)C(=O)NC/C=C/C=C(/C)[C@@H](OC)[C@@H](C)[C@@H]2OC(/C=C/C=C/C=C(\C)C(=O)C3C(=O)CCNC3=O)[C@H](O)[C@@H]2O)[C@H](O)[C@H](O)C1(C)C. The summed E-state index contributed by atoms with van der Waals surface area (Å²) in [4.78, 5) is 50.2. The molecule has 2 amide bonds. The van der Waals surface area contributed by atoms with Crippen LogP contribution in [-0.4, -0.2) is 124 Å². The van der Waals surface area contributed by atoms with Crippen LogP contribution in [-0.2, 0) is 33.4 Å². The van der Waals surface area contributed by atoms with E-state index in [1.807, 2.05) is 45.1 Å². The Hall–Kier alpha value is -3.86. The molecule has 0 spiro atoms. The van der Waals surface area contributed by atoms with Gasteiger partial charge in [0.05, 0.1) is 30.3 Å². The molecule has 14 nitrogen and oxygen atoms in total. The predicted octanol–water partition coefficient (Wildman–Crippen LogP) is 2.85. The summed E-state index contributed by atoms with van der Waals surface area (Å²) in [6, 6.07) is 0. The molecule has 0 aliphatic carbocycles. The number of piperidine rings is 1. The third kappa shape index (κ3) is 12.1. The molecule has 0 bridgehead atoms. The zero-order valence-corrected chi connectivity index (χ0v) is 35.6. The lowest BCUT2D eigenvalue weighted by Gasteiger charge is -2.53. The number of allylic oxidation sites excluding steroid dienone is 10. The van der Waals surface area contributed by atoms with Gasteiger partial charge in [-0.25, -0.2) is 0 Å². The maximum absolute atomic E-state index is 13.4. The van der Waals surface area contributed by atoms with E-state index in [0.29, 0.717) is 6.42 Å². The highest BCUT2D eigenvalue weighted by atomic mass is 16.7. The van der Waals surface area contributed by atoms with E-state index in [-0.39, 0.29) is 31.5 Å². The van der Waals surface area contributed by atoms with E-state index in [4.69, 9.17) is 14.2 Å². The van der Waals surface area contributed by atoms with Gasteiger partial charge in [-0.15, -0.1) is 0 Å². The molecule has 59 heavy (non-hydrogen) atoms. The number of carbonyl (C=O) groups is 4. The summed E-state index contributed by atoms with van der Waals surface area (Å²) in [5.74, 6) is -7.32. The Bertz CT molecular complexity index is 1660. The Morgan fingerprint density at radius 1 is 0.983 bits per heavy atom. The van der Waals surface area contributed by atoms with Crippen molar-refractivity contribution in [2.75, 3.05) is 20.2 Å². The molecule has 3 unspecified atom stereocenters. The number of rotatable bonds is 19. The summed E-state index contributed by atoms with van der Waals surface area (Å²) >= 11 is 0. The molecular formula is C45H66N2O12. The lowest BCUT2D eigenvalue weighted by Crippen LogP contribution is -2.69. The Morgan fingerprint density at radius 3 is 2.34 bits per heavy atom. The second kappa shape index (κ2) is 22.7. The van der Waals surface area contributed by atoms with Crippen molar-refractivity contribution in [2.24, 2.45) is 23.2 Å². The van der Waals surface area contributed by atoms with Gasteiger partial charge >= 0.3 is 0 Å². The number of aliphatic hydroxyl groups excluding tert-OH is 4. The highest BCUT2D eigenvalue weighted by Gasteiger charge is 2.60. The van der Waals surface area contributed by atoms with Crippen molar-refractivity contribution < 1.29 is 58.9 Å². The minimum absolute atomic E-state index is 0.0891. The van der Waals surface area contributed by atoms with Crippen molar-refractivity contribution in [1.82, 2.24) is 10.6 Å². The minimum Gasteiger partial charge on any atom is -0.390 e. The van der Waals surface area contributed by atoms with Crippen molar-refractivity contribution in [1.29, 1.82) is 0 Å². The van der Waals surface area contributed by atoms with Crippen LogP contribution in [0.25, 0.3) is 0 Å². The molecule has 0 saturated carbocycles. The number of ketones is 2. The van der Waals surface area contributed by atoms with Crippen molar-refractivity contribution in [3.8, 4) is 0 Å². The molecule has 0 aromatic rings. The molecule has 3 rings (SSSR count). The number of hydrogen-bond acceptors (Lipinski definition) is 12. The third-order valence-corrected chi connectivity index (χ3v) is 11.6. The molecule has 12 atom stereocenters. The van der Waals surface area contributed by atoms with Gasteiger partial charge in [0.2, 0.25) is 17.6 Å². The maximum atomic E-state index is 13.4. The molecule has 3 aliphatic heterocycles. The molecule has 0 aromatic carbocycles. The van der Waals surface area contributed by atoms with Crippen LogP contribution in [0.5, 0.6) is 0 Å². The van der Waals surface area contributed by atoms with Gasteiger partial charge in [0, 0.05) is 38.0 Å². The number of amides is 2. The number of nitrogens with one attached hydrogen (secondary N) is 2. The van der Waals surface area contributed by atoms with Gasteiger partial charge in [0.25, 0.3) is 0 Å². The minimum atomic E-state index is -2.32. The van der Waals surface area contributed by atoms with E-state index in [1.54, 1.807) is 63.3 Å². The van der Waals surface area contributed by atoms with Crippen LogP contribution in [0, 0.1) is 23.2 Å². The monoisotopic (exact) mass is 826 g/mol. The largest absolute Gasteiger partial charge is 0.390 e. The normalized spacial score (nSPS) is 32.4. The van der Waals surface area contributed by atoms with E-state index >= 15 is 0 Å². The smallest absolute Gasteiger partial charge is 0.238 e. The molecule has 14 heteroatoms. The van der Waals surface area contributed by atoms with Crippen molar-refractivity contribution >= 4 is 23.4 Å². The summed E-state index contributed by atoms with van der Waals surface area (Å²) in [6.45, 7) is 12.7. The van der Waals surface area contributed by atoms with Crippen LogP contribution in [0.15, 0.2) is 84.1 Å². The average Bonchev–Trinajstić information content (AvgIpc) is 3.47. The zero-order valence-electron chi connectivity index (χ0n) is 35.6. The van der Waals surface area contributed by atoms with E-state index in [9.17, 15) is 44.7 Å². The lowest BCUT2D eigenvalue weighted by atomic mass is 9.70. The highest BCUT2D eigenvalue weighted by molar-refractivity contribution is 6.24. The van der Waals surface area contributed by atoms with Gasteiger partial charge in [0.1, 0.15) is 24.4 Å². The van der Waals surface area contributed by atoms with Gasteiger partial charge < -0.3 is 50.4 Å². The van der Waals surface area contributed by atoms with E-state index in [2.05, 4.69) is 10.6 Å². The lowest BCUT2D eigenvalue weighted by molar-refractivity contribution is -0.367. The van der Waals surface area contributed by atoms with Crippen molar-refractivity contribution in [3.63, 3.8) is 0 Å². The first-order valence-electron chi connectivity index (χ1n) is 20.4. The summed E-state index contributed by atoms with van der Waals surface area (Å²) in [5.41, 5.74) is 0.120. The summed E-state index contributed by atoms with van der Waals surface area (Å²) in [5, 5.41) is 60.8. The van der Waals surface area contributed by atoms with E-state index in [1.165, 1.54) is 20.1 Å². The Kier molecular flexibility index (Phi) is 19.0. The molecule has 3 fully saturated rings. The molecule has 7 N–H and O–H groups in total. The van der Waals surface area contributed by atoms with E-state index in [0.717, 1.165) is 12.0 Å². The highest BCUT2D eigenvalue weighted by Crippen LogP contribution is 2.45. The van der Waals surface area contributed by atoms with Gasteiger partial charge in [-0.05, 0) is 51.2 Å². The van der Waals surface area contributed by atoms with E-state index < -0.39 is 101 Å². The van der Waals surface area contributed by atoms with Gasteiger partial charge in [-0.3, -0.25) is 19.2 Å². The first-order chi connectivity index (χ1) is 27.9. The second-order valence-electron chi connectivity index (χ2n) is 16.1. The van der Waals surface area contributed by atoms with Crippen LogP contribution in [0.3, 0.4) is 0 Å². The number of ether oxygens (including phenoxy) is 3. The standard InChI is InChI=1S/C45H66N2O12/c1-9-11-12-13-17-23-33-44(6,7)40(52)41(53)45(56,59-33)30(10-2)42(54)46-25-19-18-21-28(4)38(57-8)29(5)39-37(51)36(50)32(58-39)22-16-14-15-20-27(3)35(49)34-31(48)24-26-47-43(34)55/h9,11,13-22,29-30,32-34,36-41,50-53,56H,10,12,23-26H2,1-8H3,(H,46,54)(H,47,55)/b11-9+,15-14+,17-13+,19-18+,22-16+,27-20+,28-21-/t29-,30?,32?,33+,34?,36+,37+,38-,39+,40+,41-,45-/m1/s1. The average molecular weight is 827 g/mol. The fourth-order valence-electron chi connectivity index (χ4n) is 7.80. The van der Waals surface area contributed by atoms with Crippen molar-refractivity contribution in [3.05, 3.63) is 84.1 Å². The van der Waals surface area contributed by atoms with Gasteiger partial charge in [-0.1, -0.05) is 101 Å². The molecule has 3 heterocycles. The van der Waals surface area contributed by atoms with Crippen LogP contribution in [0.4, 0.5) is 0 Å². The second-order valence-corrected chi connectivity index (χ2v) is 16.1. The fourth-order valence-corrected chi connectivity index (χ4v) is 7.80. The maximum Gasteiger partial charge on any atom is 0.238 e. The first-order valence-corrected chi connectivity index (χ1v) is 20.4. The summed E-state index contributed by atoms with van der Waals surface area (Å²) in [7, 11) is 1.53. The first kappa shape index (κ1) is 49.5. The van der Waals surface area contributed by atoms with Crippen LogP contribution < -0.4 is 10.6 Å². The Labute approximate surface area is 348 Å². The Balaban J connectivity index is 1.58. The number of methoxy groups -OCH3 is 1. The quantitative estimate of drug-likeness (QED) is 0.0433. The Morgan fingerprint density at radius 2 is 1.69 bits per heavy atom. The number of Topliss-reactive ketones (excluding diaryl/α,β-unsaturated/α-hetero) is 2. The summed E-state index contributed by atoms with van der Waals surface area (Å²) < 4.78 is 17.9.